The van der Waals surface area contributed by atoms with Crippen molar-refractivity contribution in [1.82, 2.24) is 5.32 Å². The van der Waals surface area contributed by atoms with Crippen LogP contribution in [0.25, 0.3) is 0 Å². The lowest BCUT2D eigenvalue weighted by atomic mass is 10.1. The lowest BCUT2D eigenvalue weighted by Crippen LogP contribution is -2.26. The van der Waals surface area contributed by atoms with Crippen LogP contribution in [0.4, 0.5) is 0 Å². The maximum absolute atomic E-state index is 12.3. The minimum absolute atomic E-state index is 0.108. The number of amides is 1. The van der Waals surface area contributed by atoms with Crippen molar-refractivity contribution in [2.75, 3.05) is 13.9 Å². The Morgan fingerprint density at radius 3 is 2.59 bits per heavy atom. The molecule has 2 aromatic carbocycles. The van der Waals surface area contributed by atoms with Crippen LogP contribution < -0.4 is 19.5 Å². The highest BCUT2D eigenvalue weighted by molar-refractivity contribution is 5.95. The van der Waals surface area contributed by atoms with E-state index in [2.05, 4.69) is 5.32 Å². The number of fused-ring (bicyclic) bond motifs is 1. The van der Waals surface area contributed by atoms with Gasteiger partial charge in [-0.1, -0.05) is 12.1 Å². The molecule has 1 N–H and O–H groups in total. The summed E-state index contributed by atoms with van der Waals surface area (Å²) < 4.78 is 15.7. The third-order valence-corrected chi connectivity index (χ3v) is 3.60. The van der Waals surface area contributed by atoms with Crippen molar-refractivity contribution in [2.24, 2.45) is 0 Å². The lowest BCUT2D eigenvalue weighted by Gasteiger charge is -2.15. The first-order chi connectivity index (χ1) is 10.7. The van der Waals surface area contributed by atoms with E-state index in [0.717, 1.165) is 11.3 Å². The van der Waals surface area contributed by atoms with Crippen molar-refractivity contribution < 1.29 is 19.0 Å². The van der Waals surface area contributed by atoms with E-state index in [4.69, 9.17) is 14.2 Å². The summed E-state index contributed by atoms with van der Waals surface area (Å²) in [6.45, 7) is 2.13. The van der Waals surface area contributed by atoms with Crippen molar-refractivity contribution in [1.29, 1.82) is 0 Å². The molecule has 0 spiro atoms. The van der Waals surface area contributed by atoms with Gasteiger partial charge in [0.05, 0.1) is 13.2 Å². The quantitative estimate of drug-likeness (QED) is 0.943. The number of ether oxygens (including phenoxy) is 3. The van der Waals surface area contributed by atoms with Gasteiger partial charge in [-0.25, -0.2) is 0 Å². The number of hydrogen-bond acceptors (Lipinski definition) is 4. The Morgan fingerprint density at radius 2 is 1.86 bits per heavy atom. The van der Waals surface area contributed by atoms with E-state index in [1.165, 1.54) is 0 Å². The molecule has 1 amide bonds. The molecule has 0 aromatic heterocycles. The average molecular weight is 299 g/mol. The molecule has 2 aromatic rings. The Kier molecular flexibility index (Phi) is 3.87. The first-order valence-electron chi connectivity index (χ1n) is 7.02. The molecule has 0 bridgehead atoms. The predicted molar refractivity (Wildman–Crippen MR) is 81.4 cm³/mol. The second-order valence-electron chi connectivity index (χ2n) is 5.04. The van der Waals surface area contributed by atoms with Crippen LogP contribution in [0.1, 0.15) is 28.9 Å². The molecular weight excluding hydrogens is 282 g/mol. The number of carbonyl (C=O) groups excluding carboxylic acids is 1. The van der Waals surface area contributed by atoms with E-state index in [1.807, 2.05) is 31.2 Å². The fourth-order valence-electron chi connectivity index (χ4n) is 2.29. The van der Waals surface area contributed by atoms with E-state index in [1.54, 1.807) is 25.3 Å². The van der Waals surface area contributed by atoms with Gasteiger partial charge in [-0.15, -0.1) is 0 Å². The molecule has 0 saturated carbocycles. The molecular formula is C17H17NO4. The molecule has 22 heavy (non-hydrogen) atoms. The molecule has 5 nitrogen and oxygen atoms in total. The Morgan fingerprint density at radius 1 is 1.14 bits per heavy atom. The maximum Gasteiger partial charge on any atom is 0.251 e. The van der Waals surface area contributed by atoms with Crippen molar-refractivity contribution in [2.45, 2.75) is 13.0 Å². The van der Waals surface area contributed by atoms with Gasteiger partial charge in [0, 0.05) is 5.56 Å². The lowest BCUT2D eigenvalue weighted by molar-refractivity contribution is 0.0939. The first kappa shape index (κ1) is 14.3. The maximum atomic E-state index is 12.3. The predicted octanol–water partition coefficient (Wildman–Crippen LogP) is 2.91. The van der Waals surface area contributed by atoms with Gasteiger partial charge in [-0.3, -0.25) is 4.79 Å². The number of nitrogens with one attached hydrogen (secondary N) is 1. The van der Waals surface area contributed by atoms with Crippen LogP contribution in [0.2, 0.25) is 0 Å². The highest BCUT2D eigenvalue weighted by Gasteiger charge is 2.17. The molecule has 0 aliphatic carbocycles. The molecule has 0 saturated heterocycles. The molecule has 1 atom stereocenters. The largest absolute Gasteiger partial charge is 0.497 e. The Bertz CT molecular complexity index is 682. The Hall–Kier alpha value is -2.69. The van der Waals surface area contributed by atoms with Gasteiger partial charge in [0.1, 0.15) is 5.75 Å². The summed E-state index contributed by atoms with van der Waals surface area (Å²) in [4.78, 5) is 12.3. The van der Waals surface area contributed by atoms with E-state index in [0.29, 0.717) is 17.1 Å². The van der Waals surface area contributed by atoms with Gasteiger partial charge in [-0.2, -0.15) is 0 Å². The molecule has 1 aliphatic rings. The molecule has 3 rings (SSSR count). The SMILES string of the molecule is COc1ccc([C@H](C)NC(=O)c2ccc3c(c2)OCO3)cc1. The summed E-state index contributed by atoms with van der Waals surface area (Å²) in [5.41, 5.74) is 1.56. The van der Waals surface area contributed by atoms with Crippen LogP contribution in [-0.2, 0) is 0 Å². The zero-order valence-corrected chi connectivity index (χ0v) is 12.5. The van der Waals surface area contributed by atoms with E-state index >= 15 is 0 Å². The fraction of sp³-hybridized carbons (Fsp3) is 0.235. The number of hydrogen-bond donors (Lipinski definition) is 1. The molecule has 1 heterocycles. The van der Waals surface area contributed by atoms with E-state index in [-0.39, 0.29) is 18.7 Å². The topological polar surface area (TPSA) is 56.8 Å². The van der Waals surface area contributed by atoms with Crippen molar-refractivity contribution in [3.05, 3.63) is 53.6 Å². The standard InChI is InChI=1S/C17H17NO4/c1-11(12-3-6-14(20-2)7-4-12)18-17(19)13-5-8-15-16(9-13)22-10-21-15/h3-9,11H,10H2,1-2H3,(H,18,19)/t11-/m0/s1. The van der Waals surface area contributed by atoms with Gasteiger partial charge >= 0.3 is 0 Å². The van der Waals surface area contributed by atoms with Crippen LogP contribution in [-0.4, -0.2) is 19.8 Å². The second kappa shape index (κ2) is 5.97. The van der Waals surface area contributed by atoms with Crippen molar-refractivity contribution in [3.63, 3.8) is 0 Å². The number of carbonyl (C=O) groups is 1. The normalized spacial score (nSPS) is 13.5. The number of methoxy groups -OCH3 is 1. The highest BCUT2D eigenvalue weighted by Crippen LogP contribution is 2.32. The van der Waals surface area contributed by atoms with Crippen LogP contribution in [0, 0.1) is 0 Å². The zero-order valence-electron chi connectivity index (χ0n) is 12.5. The van der Waals surface area contributed by atoms with Gasteiger partial charge in [0.25, 0.3) is 5.91 Å². The fourth-order valence-corrected chi connectivity index (χ4v) is 2.29. The number of rotatable bonds is 4. The van der Waals surface area contributed by atoms with Crippen LogP contribution in [0.3, 0.4) is 0 Å². The molecule has 5 heteroatoms. The minimum atomic E-state index is -0.151. The molecule has 0 radical (unpaired) electrons. The highest BCUT2D eigenvalue weighted by atomic mass is 16.7. The smallest absolute Gasteiger partial charge is 0.251 e. The summed E-state index contributed by atoms with van der Waals surface area (Å²) in [5.74, 6) is 1.91. The molecule has 114 valence electrons. The first-order valence-corrected chi connectivity index (χ1v) is 7.02. The monoisotopic (exact) mass is 299 g/mol. The molecule has 0 unspecified atom stereocenters. The number of benzene rings is 2. The van der Waals surface area contributed by atoms with E-state index < -0.39 is 0 Å². The van der Waals surface area contributed by atoms with E-state index in [9.17, 15) is 4.79 Å². The van der Waals surface area contributed by atoms with Gasteiger partial charge in [0.15, 0.2) is 11.5 Å². The average Bonchev–Trinajstić information content (AvgIpc) is 3.02. The van der Waals surface area contributed by atoms with Gasteiger partial charge < -0.3 is 19.5 Å². The third kappa shape index (κ3) is 2.83. The summed E-state index contributed by atoms with van der Waals surface area (Å²) >= 11 is 0. The van der Waals surface area contributed by atoms with Crippen molar-refractivity contribution in [3.8, 4) is 17.2 Å². The Balaban J connectivity index is 1.70. The summed E-state index contributed by atoms with van der Waals surface area (Å²) in [6, 6.07) is 12.7. The van der Waals surface area contributed by atoms with Gasteiger partial charge in [-0.05, 0) is 42.8 Å². The van der Waals surface area contributed by atoms with Gasteiger partial charge in [0.2, 0.25) is 6.79 Å². The van der Waals surface area contributed by atoms with Crippen LogP contribution >= 0.6 is 0 Å². The van der Waals surface area contributed by atoms with Crippen molar-refractivity contribution >= 4 is 5.91 Å². The Labute approximate surface area is 128 Å². The third-order valence-electron chi connectivity index (χ3n) is 3.60. The zero-order chi connectivity index (χ0) is 15.5. The minimum Gasteiger partial charge on any atom is -0.497 e. The summed E-state index contributed by atoms with van der Waals surface area (Å²) in [7, 11) is 1.62. The summed E-state index contributed by atoms with van der Waals surface area (Å²) in [5, 5.41) is 2.96. The van der Waals surface area contributed by atoms with Crippen LogP contribution in [0.5, 0.6) is 17.2 Å². The summed E-state index contributed by atoms with van der Waals surface area (Å²) in [6.07, 6.45) is 0. The molecule has 1 aliphatic heterocycles. The van der Waals surface area contributed by atoms with Crippen LogP contribution in [0.15, 0.2) is 42.5 Å². The molecule has 0 fully saturated rings. The second-order valence-corrected chi connectivity index (χ2v) is 5.04.